The number of hydrogen-bond acceptors (Lipinski definition) is 6. The third kappa shape index (κ3) is 4.51. The van der Waals surface area contributed by atoms with Crippen molar-refractivity contribution >= 4 is 34.4 Å². The Hall–Kier alpha value is -3.72. The number of carboxylic acids is 1. The number of carbonyl (C=O) groups excluding carboxylic acids is 2. The summed E-state index contributed by atoms with van der Waals surface area (Å²) in [5.41, 5.74) is 4.53. The summed E-state index contributed by atoms with van der Waals surface area (Å²) in [6.45, 7) is 2.54. The van der Waals surface area contributed by atoms with E-state index in [4.69, 9.17) is 4.74 Å². The Morgan fingerprint density at radius 2 is 1.77 bits per heavy atom. The average Bonchev–Trinajstić information content (AvgIpc) is 3.45. The van der Waals surface area contributed by atoms with Crippen LogP contribution in [-0.2, 0) is 9.53 Å². The summed E-state index contributed by atoms with van der Waals surface area (Å²) >= 11 is 1.01. The van der Waals surface area contributed by atoms with Gasteiger partial charge in [0.05, 0.1) is 6.20 Å². The standard InChI is InChI=1S/C26H25N3O5S/c1-15-10-11-29(21(12-15)24(31)32)23(30)22-13-27-25(35-22)28-26(33)34-14-20-18-8-4-2-6-16(18)17-7-3-5-9-19(17)20/h2-9,13,15,20-21H,10-12,14H2,1H3,(H,31,32)(H,27,28,33). The fourth-order valence-electron chi connectivity index (χ4n) is 4.91. The first-order chi connectivity index (χ1) is 16.9. The molecule has 3 aromatic rings. The topological polar surface area (TPSA) is 109 Å². The molecule has 2 aromatic carbocycles. The van der Waals surface area contributed by atoms with Gasteiger partial charge in [-0.1, -0.05) is 66.8 Å². The Bertz CT molecular complexity index is 1240. The Morgan fingerprint density at radius 3 is 2.43 bits per heavy atom. The highest BCUT2D eigenvalue weighted by Gasteiger charge is 2.36. The lowest BCUT2D eigenvalue weighted by Crippen LogP contribution is -2.49. The normalized spacial score (nSPS) is 19.1. The number of carbonyl (C=O) groups is 3. The van der Waals surface area contributed by atoms with Gasteiger partial charge < -0.3 is 14.7 Å². The van der Waals surface area contributed by atoms with Crippen molar-refractivity contribution in [2.45, 2.75) is 31.7 Å². The molecule has 0 spiro atoms. The van der Waals surface area contributed by atoms with Gasteiger partial charge >= 0.3 is 12.1 Å². The fourth-order valence-corrected chi connectivity index (χ4v) is 5.67. The molecule has 9 heteroatoms. The largest absolute Gasteiger partial charge is 0.480 e. The van der Waals surface area contributed by atoms with Crippen molar-refractivity contribution in [2.75, 3.05) is 18.5 Å². The molecule has 180 valence electrons. The number of fused-ring (bicyclic) bond motifs is 3. The van der Waals surface area contributed by atoms with E-state index in [1.807, 2.05) is 43.3 Å². The highest BCUT2D eigenvalue weighted by atomic mass is 32.1. The second kappa shape index (κ2) is 9.50. The molecular formula is C26H25N3O5S. The van der Waals surface area contributed by atoms with Gasteiger partial charge in [0.2, 0.25) is 0 Å². The van der Waals surface area contributed by atoms with Crippen LogP contribution in [0.2, 0.25) is 0 Å². The first kappa shape index (κ1) is 23.0. The molecule has 2 heterocycles. The molecule has 5 rings (SSSR count). The summed E-state index contributed by atoms with van der Waals surface area (Å²) in [6, 6.07) is 15.3. The van der Waals surface area contributed by atoms with Gasteiger partial charge in [0.25, 0.3) is 5.91 Å². The van der Waals surface area contributed by atoms with Crippen LogP contribution in [-0.4, -0.2) is 52.2 Å². The molecule has 2 amide bonds. The molecule has 0 radical (unpaired) electrons. The molecular weight excluding hydrogens is 466 g/mol. The maximum atomic E-state index is 12.9. The fraction of sp³-hybridized carbons (Fsp3) is 0.308. The number of rotatable bonds is 5. The third-order valence-corrected chi connectivity index (χ3v) is 7.58. The number of carboxylic acid groups (broad SMARTS) is 1. The summed E-state index contributed by atoms with van der Waals surface area (Å²) in [7, 11) is 0. The highest BCUT2D eigenvalue weighted by Crippen LogP contribution is 2.44. The van der Waals surface area contributed by atoms with Crippen LogP contribution in [0, 0.1) is 5.92 Å². The Morgan fingerprint density at radius 1 is 1.11 bits per heavy atom. The average molecular weight is 492 g/mol. The number of likely N-dealkylation sites (tertiary alicyclic amines) is 1. The lowest BCUT2D eigenvalue weighted by atomic mass is 9.92. The molecule has 1 aromatic heterocycles. The second-order valence-corrected chi connectivity index (χ2v) is 9.99. The van der Waals surface area contributed by atoms with Gasteiger partial charge in [-0.3, -0.25) is 10.1 Å². The van der Waals surface area contributed by atoms with Crippen LogP contribution in [0.4, 0.5) is 9.93 Å². The van der Waals surface area contributed by atoms with Crippen LogP contribution in [0.25, 0.3) is 11.1 Å². The number of amides is 2. The smallest absolute Gasteiger partial charge is 0.413 e. The number of nitrogens with one attached hydrogen (secondary N) is 1. The van der Waals surface area contributed by atoms with E-state index in [2.05, 4.69) is 22.4 Å². The molecule has 2 unspecified atom stereocenters. The van der Waals surface area contributed by atoms with Crippen LogP contribution in [0.15, 0.2) is 54.7 Å². The predicted molar refractivity (Wildman–Crippen MR) is 132 cm³/mol. The number of ether oxygens (including phenoxy) is 1. The van der Waals surface area contributed by atoms with Crippen LogP contribution in [0.3, 0.4) is 0 Å². The van der Waals surface area contributed by atoms with Crippen molar-refractivity contribution in [1.29, 1.82) is 0 Å². The molecule has 1 fully saturated rings. The Kier molecular flexibility index (Phi) is 6.25. The van der Waals surface area contributed by atoms with Crippen molar-refractivity contribution in [3.05, 3.63) is 70.7 Å². The van der Waals surface area contributed by atoms with E-state index in [9.17, 15) is 19.5 Å². The quantitative estimate of drug-likeness (QED) is 0.529. The maximum absolute atomic E-state index is 12.9. The maximum Gasteiger partial charge on any atom is 0.413 e. The van der Waals surface area contributed by atoms with Gasteiger partial charge in [0.15, 0.2) is 5.13 Å². The molecule has 2 aliphatic rings. The molecule has 2 N–H and O–H groups in total. The minimum atomic E-state index is -1.01. The zero-order chi connectivity index (χ0) is 24.5. The third-order valence-electron chi connectivity index (χ3n) is 6.68. The van der Waals surface area contributed by atoms with Gasteiger partial charge in [-0.05, 0) is 41.0 Å². The Labute approximate surface area is 206 Å². The number of anilines is 1. The number of aromatic nitrogens is 1. The van der Waals surface area contributed by atoms with Crippen molar-refractivity contribution < 1.29 is 24.2 Å². The van der Waals surface area contributed by atoms with E-state index in [1.54, 1.807) is 0 Å². The number of thiazole rings is 1. The summed E-state index contributed by atoms with van der Waals surface area (Å²) in [5, 5.41) is 12.4. The van der Waals surface area contributed by atoms with Gasteiger partial charge in [0, 0.05) is 12.5 Å². The van der Waals surface area contributed by atoms with Gasteiger partial charge in [0.1, 0.15) is 17.5 Å². The van der Waals surface area contributed by atoms with Crippen LogP contribution in [0.1, 0.15) is 46.5 Å². The van der Waals surface area contributed by atoms with Crippen molar-refractivity contribution in [1.82, 2.24) is 9.88 Å². The zero-order valence-corrected chi connectivity index (χ0v) is 20.0. The van der Waals surface area contributed by atoms with Crippen molar-refractivity contribution in [3.8, 4) is 11.1 Å². The lowest BCUT2D eigenvalue weighted by Gasteiger charge is -2.35. The van der Waals surface area contributed by atoms with Crippen LogP contribution < -0.4 is 5.32 Å². The minimum absolute atomic E-state index is 0.0592. The van der Waals surface area contributed by atoms with Crippen LogP contribution >= 0.6 is 11.3 Å². The lowest BCUT2D eigenvalue weighted by molar-refractivity contribution is -0.144. The minimum Gasteiger partial charge on any atom is -0.480 e. The molecule has 1 saturated heterocycles. The molecule has 2 atom stereocenters. The van der Waals surface area contributed by atoms with E-state index in [0.717, 1.165) is 40.0 Å². The van der Waals surface area contributed by atoms with Crippen molar-refractivity contribution in [3.63, 3.8) is 0 Å². The van der Waals surface area contributed by atoms with Gasteiger partial charge in [-0.2, -0.15) is 0 Å². The SMILES string of the molecule is CC1CCN(C(=O)c2cnc(NC(=O)OCC3c4ccccc4-c4ccccc43)s2)C(C(=O)O)C1. The summed E-state index contributed by atoms with van der Waals surface area (Å²) in [5.74, 6) is -1.21. The number of hydrogen-bond donors (Lipinski definition) is 2. The summed E-state index contributed by atoms with van der Waals surface area (Å²) in [4.78, 5) is 42.9. The zero-order valence-electron chi connectivity index (χ0n) is 19.1. The first-order valence-corrected chi connectivity index (χ1v) is 12.4. The van der Waals surface area contributed by atoms with E-state index >= 15 is 0 Å². The monoisotopic (exact) mass is 491 g/mol. The molecule has 1 aliphatic carbocycles. The van der Waals surface area contributed by atoms with E-state index in [1.165, 1.54) is 11.1 Å². The van der Waals surface area contributed by atoms with Gasteiger partial charge in [-0.25, -0.2) is 14.6 Å². The molecule has 35 heavy (non-hydrogen) atoms. The van der Waals surface area contributed by atoms with E-state index < -0.39 is 18.1 Å². The Balaban J connectivity index is 1.23. The first-order valence-electron chi connectivity index (χ1n) is 11.5. The van der Waals surface area contributed by atoms with Crippen molar-refractivity contribution in [2.24, 2.45) is 5.92 Å². The van der Waals surface area contributed by atoms with E-state index in [0.29, 0.717) is 13.0 Å². The van der Waals surface area contributed by atoms with E-state index in [-0.39, 0.29) is 34.4 Å². The van der Waals surface area contributed by atoms with Gasteiger partial charge in [-0.15, -0.1) is 0 Å². The number of aliphatic carboxylic acids is 1. The predicted octanol–water partition coefficient (Wildman–Crippen LogP) is 4.83. The molecule has 0 saturated carbocycles. The number of benzene rings is 2. The number of nitrogens with zero attached hydrogens (tertiary/aromatic N) is 2. The number of piperidine rings is 1. The molecule has 0 bridgehead atoms. The summed E-state index contributed by atoms with van der Waals surface area (Å²) in [6.07, 6.45) is 1.88. The van der Waals surface area contributed by atoms with Crippen LogP contribution in [0.5, 0.6) is 0 Å². The highest BCUT2D eigenvalue weighted by molar-refractivity contribution is 7.17. The second-order valence-electron chi connectivity index (χ2n) is 8.96. The summed E-state index contributed by atoms with van der Waals surface area (Å²) < 4.78 is 5.53. The molecule has 8 nitrogen and oxygen atoms in total. The molecule has 1 aliphatic heterocycles.